The number of ether oxygens (including phenoxy) is 1. The molecule has 124 valence electrons. The van der Waals surface area contributed by atoms with Crippen molar-refractivity contribution in [2.45, 2.75) is 40.0 Å². The third-order valence-electron chi connectivity index (χ3n) is 4.57. The molecule has 0 atom stereocenters. The van der Waals surface area contributed by atoms with Gasteiger partial charge in [0.1, 0.15) is 11.5 Å². The smallest absolute Gasteiger partial charge is 0.122 e. The van der Waals surface area contributed by atoms with E-state index in [1.165, 1.54) is 19.4 Å². The number of benzene rings is 1. The summed E-state index contributed by atoms with van der Waals surface area (Å²) in [4.78, 5) is 2.54. The minimum absolute atomic E-state index is 0.389. The van der Waals surface area contributed by atoms with E-state index in [4.69, 9.17) is 4.74 Å². The molecule has 0 bridgehead atoms. The molecule has 1 saturated heterocycles. The van der Waals surface area contributed by atoms with Crippen LogP contribution < -0.4 is 10.1 Å². The third-order valence-corrected chi connectivity index (χ3v) is 4.57. The quantitative estimate of drug-likeness (QED) is 0.793. The van der Waals surface area contributed by atoms with Crippen molar-refractivity contribution in [3.8, 4) is 11.5 Å². The lowest BCUT2D eigenvalue weighted by Gasteiger charge is -2.19. The van der Waals surface area contributed by atoms with Gasteiger partial charge in [0.25, 0.3) is 0 Å². The molecule has 4 heteroatoms. The van der Waals surface area contributed by atoms with Gasteiger partial charge in [0.2, 0.25) is 0 Å². The average molecular weight is 306 g/mol. The third kappa shape index (κ3) is 4.62. The first-order chi connectivity index (χ1) is 10.6. The normalized spacial score (nSPS) is 16.5. The van der Waals surface area contributed by atoms with Crippen molar-refractivity contribution < 1.29 is 9.84 Å². The van der Waals surface area contributed by atoms with E-state index in [1.807, 2.05) is 26.8 Å². The predicted octanol–water partition coefficient (Wildman–Crippen LogP) is 2.77. The Morgan fingerprint density at radius 3 is 2.77 bits per heavy atom. The molecule has 2 rings (SSSR count). The minimum Gasteiger partial charge on any atom is -0.507 e. The van der Waals surface area contributed by atoms with E-state index in [1.54, 1.807) is 0 Å². The summed E-state index contributed by atoms with van der Waals surface area (Å²) < 4.78 is 5.93. The minimum atomic E-state index is 0.389. The van der Waals surface area contributed by atoms with Crippen LogP contribution in [0.15, 0.2) is 6.07 Å². The molecule has 0 aliphatic carbocycles. The molecule has 0 amide bonds. The molecule has 1 aliphatic rings. The molecule has 0 spiro atoms. The molecular weight excluding hydrogens is 276 g/mol. The van der Waals surface area contributed by atoms with Gasteiger partial charge in [-0.25, -0.2) is 0 Å². The standard InChI is InChI=1S/C18H30N2O2/c1-14-13-17(15(2)16(3)18(14)21)22-12-5-4-9-20-10-6-7-19-8-11-20/h13,19,21H,4-12H2,1-3H3. The Morgan fingerprint density at radius 2 is 1.95 bits per heavy atom. The first kappa shape index (κ1) is 17.1. The number of nitrogens with zero attached hydrogens (tertiary/aromatic N) is 1. The van der Waals surface area contributed by atoms with E-state index < -0.39 is 0 Å². The fraction of sp³-hybridized carbons (Fsp3) is 0.667. The molecule has 1 aliphatic heterocycles. The number of aromatic hydroxyl groups is 1. The first-order valence-corrected chi connectivity index (χ1v) is 8.45. The lowest BCUT2D eigenvalue weighted by molar-refractivity contribution is 0.259. The highest BCUT2D eigenvalue weighted by atomic mass is 16.5. The molecule has 1 aromatic rings. The largest absolute Gasteiger partial charge is 0.507 e. The summed E-state index contributed by atoms with van der Waals surface area (Å²) in [6.07, 6.45) is 3.50. The molecule has 22 heavy (non-hydrogen) atoms. The molecule has 4 nitrogen and oxygen atoms in total. The van der Waals surface area contributed by atoms with Crippen LogP contribution in [0.1, 0.15) is 36.0 Å². The Hall–Kier alpha value is -1.26. The Morgan fingerprint density at radius 1 is 1.14 bits per heavy atom. The second-order valence-corrected chi connectivity index (χ2v) is 6.29. The molecule has 1 fully saturated rings. The fourth-order valence-electron chi connectivity index (χ4n) is 2.93. The predicted molar refractivity (Wildman–Crippen MR) is 91.0 cm³/mol. The number of phenolic OH excluding ortho intramolecular Hbond substituents is 1. The van der Waals surface area contributed by atoms with Gasteiger partial charge in [0, 0.05) is 13.1 Å². The summed E-state index contributed by atoms with van der Waals surface area (Å²) in [5.41, 5.74) is 2.85. The number of unbranched alkanes of at least 4 members (excludes halogenated alkanes) is 1. The van der Waals surface area contributed by atoms with Crippen molar-refractivity contribution in [2.24, 2.45) is 0 Å². The topological polar surface area (TPSA) is 44.7 Å². The van der Waals surface area contributed by atoms with Crippen LogP contribution in [0.2, 0.25) is 0 Å². The Bertz CT molecular complexity index is 480. The summed E-state index contributed by atoms with van der Waals surface area (Å²) in [6, 6.07) is 1.94. The zero-order valence-electron chi connectivity index (χ0n) is 14.2. The van der Waals surface area contributed by atoms with Crippen LogP contribution in [-0.2, 0) is 0 Å². The van der Waals surface area contributed by atoms with E-state index in [0.717, 1.165) is 61.6 Å². The zero-order valence-corrected chi connectivity index (χ0v) is 14.2. The summed E-state index contributed by atoms with van der Waals surface area (Å²) in [6.45, 7) is 12.4. The summed E-state index contributed by atoms with van der Waals surface area (Å²) >= 11 is 0. The molecule has 0 radical (unpaired) electrons. The van der Waals surface area contributed by atoms with Crippen LogP contribution >= 0.6 is 0 Å². The van der Waals surface area contributed by atoms with Gasteiger partial charge in [-0.05, 0) is 82.4 Å². The lowest BCUT2D eigenvalue weighted by Crippen LogP contribution is -2.29. The van der Waals surface area contributed by atoms with Gasteiger partial charge in [-0.15, -0.1) is 0 Å². The van der Waals surface area contributed by atoms with E-state index in [9.17, 15) is 5.11 Å². The van der Waals surface area contributed by atoms with Crippen molar-refractivity contribution in [3.05, 3.63) is 22.8 Å². The van der Waals surface area contributed by atoms with Gasteiger partial charge in [0.15, 0.2) is 0 Å². The fourth-order valence-corrected chi connectivity index (χ4v) is 2.93. The number of aryl methyl sites for hydroxylation is 1. The molecule has 0 aromatic heterocycles. The van der Waals surface area contributed by atoms with Gasteiger partial charge in [-0.2, -0.15) is 0 Å². The van der Waals surface area contributed by atoms with Crippen LogP contribution in [0.25, 0.3) is 0 Å². The summed E-state index contributed by atoms with van der Waals surface area (Å²) in [5.74, 6) is 1.30. The average Bonchev–Trinajstić information content (AvgIpc) is 2.78. The lowest BCUT2D eigenvalue weighted by atomic mass is 10.0. The van der Waals surface area contributed by atoms with E-state index in [0.29, 0.717) is 5.75 Å². The SMILES string of the molecule is Cc1cc(OCCCCN2CCCNCC2)c(C)c(C)c1O. The van der Waals surface area contributed by atoms with Crippen LogP contribution in [0.3, 0.4) is 0 Å². The second-order valence-electron chi connectivity index (χ2n) is 6.29. The van der Waals surface area contributed by atoms with Crippen molar-refractivity contribution in [1.82, 2.24) is 10.2 Å². The first-order valence-electron chi connectivity index (χ1n) is 8.45. The second kappa shape index (κ2) is 8.39. The molecule has 2 N–H and O–H groups in total. The van der Waals surface area contributed by atoms with E-state index >= 15 is 0 Å². The number of hydrogen-bond acceptors (Lipinski definition) is 4. The highest BCUT2D eigenvalue weighted by Gasteiger charge is 2.10. The Labute approximate surface area is 134 Å². The van der Waals surface area contributed by atoms with Gasteiger partial charge in [-0.1, -0.05) is 0 Å². The summed E-state index contributed by atoms with van der Waals surface area (Å²) in [5, 5.41) is 13.4. The zero-order chi connectivity index (χ0) is 15.9. The maximum absolute atomic E-state index is 9.92. The maximum Gasteiger partial charge on any atom is 0.122 e. The van der Waals surface area contributed by atoms with Crippen LogP contribution in [0.5, 0.6) is 11.5 Å². The van der Waals surface area contributed by atoms with E-state index in [-0.39, 0.29) is 0 Å². The monoisotopic (exact) mass is 306 g/mol. The van der Waals surface area contributed by atoms with Gasteiger partial charge in [0.05, 0.1) is 6.61 Å². The highest BCUT2D eigenvalue weighted by molar-refractivity contribution is 5.51. The van der Waals surface area contributed by atoms with Crippen molar-refractivity contribution in [2.75, 3.05) is 39.3 Å². The van der Waals surface area contributed by atoms with Gasteiger partial charge >= 0.3 is 0 Å². The highest BCUT2D eigenvalue weighted by Crippen LogP contribution is 2.32. The Balaban J connectivity index is 1.72. The van der Waals surface area contributed by atoms with Crippen molar-refractivity contribution >= 4 is 0 Å². The van der Waals surface area contributed by atoms with Gasteiger partial charge < -0.3 is 20.1 Å². The van der Waals surface area contributed by atoms with Crippen LogP contribution in [0, 0.1) is 20.8 Å². The van der Waals surface area contributed by atoms with Crippen molar-refractivity contribution in [3.63, 3.8) is 0 Å². The Kier molecular flexibility index (Phi) is 6.52. The number of phenols is 1. The van der Waals surface area contributed by atoms with E-state index in [2.05, 4.69) is 10.2 Å². The van der Waals surface area contributed by atoms with Crippen LogP contribution in [-0.4, -0.2) is 49.3 Å². The number of hydrogen-bond donors (Lipinski definition) is 2. The number of rotatable bonds is 6. The number of nitrogens with one attached hydrogen (secondary N) is 1. The molecular formula is C18H30N2O2. The summed E-state index contributed by atoms with van der Waals surface area (Å²) in [7, 11) is 0. The maximum atomic E-state index is 9.92. The van der Waals surface area contributed by atoms with Gasteiger partial charge in [-0.3, -0.25) is 0 Å². The molecule has 1 aromatic carbocycles. The molecule has 0 saturated carbocycles. The molecule has 0 unspecified atom stereocenters. The van der Waals surface area contributed by atoms with Crippen molar-refractivity contribution in [1.29, 1.82) is 0 Å². The van der Waals surface area contributed by atoms with Crippen LogP contribution in [0.4, 0.5) is 0 Å². The molecule has 1 heterocycles.